The molecule has 152 valence electrons. The van der Waals surface area contributed by atoms with E-state index in [9.17, 15) is 9.59 Å². The Bertz CT molecular complexity index is 549. The smallest absolute Gasteiger partial charge is 0.311 e. The molecule has 0 amide bonds. The van der Waals surface area contributed by atoms with Crippen molar-refractivity contribution in [2.45, 2.75) is 70.6 Å². The molecular formula is C21H30Cl2O4. The zero-order valence-corrected chi connectivity index (χ0v) is 17.4. The van der Waals surface area contributed by atoms with Crippen molar-refractivity contribution in [3.05, 3.63) is 29.3 Å². The van der Waals surface area contributed by atoms with Crippen LogP contribution in [0.3, 0.4) is 0 Å². The highest BCUT2D eigenvalue weighted by Gasteiger charge is 2.08. The molecule has 0 aliphatic rings. The maximum Gasteiger partial charge on any atom is 0.311 e. The van der Waals surface area contributed by atoms with Gasteiger partial charge < -0.3 is 9.47 Å². The standard InChI is InChI=1S/C21H30Cl2O4/c22-15-7-5-3-1-2-4-6-8-16-26-20(24)13-10-14-21(25)27-19-12-9-11-18(23)17-19/h9,11-12,17H,1-8,10,13-16H2. The molecule has 0 fully saturated rings. The fourth-order valence-electron chi connectivity index (χ4n) is 2.61. The first-order valence-electron chi connectivity index (χ1n) is 9.79. The van der Waals surface area contributed by atoms with Crippen LogP contribution in [0.15, 0.2) is 24.3 Å². The Hall–Kier alpha value is -1.26. The summed E-state index contributed by atoms with van der Waals surface area (Å²) in [5.74, 6) is 0.533. The van der Waals surface area contributed by atoms with Crippen LogP contribution in [0, 0.1) is 0 Å². The highest BCUT2D eigenvalue weighted by Crippen LogP contribution is 2.18. The number of carbonyl (C=O) groups is 2. The van der Waals surface area contributed by atoms with E-state index in [1.807, 2.05) is 0 Å². The normalized spacial score (nSPS) is 10.6. The number of ether oxygens (including phenoxy) is 2. The molecule has 0 N–H and O–H groups in total. The van der Waals surface area contributed by atoms with E-state index in [1.54, 1.807) is 24.3 Å². The van der Waals surface area contributed by atoms with E-state index in [1.165, 1.54) is 32.1 Å². The Morgan fingerprint density at radius 1 is 0.815 bits per heavy atom. The molecule has 0 atom stereocenters. The largest absolute Gasteiger partial charge is 0.466 e. The minimum atomic E-state index is -0.379. The summed E-state index contributed by atoms with van der Waals surface area (Å²) in [5, 5.41) is 0.509. The number of carbonyl (C=O) groups excluding carboxylic acids is 2. The lowest BCUT2D eigenvalue weighted by Crippen LogP contribution is -2.10. The first-order valence-corrected chi connectivity index (χ1v) is 10.7. The van der Waals surface area contributed by atoms with Gasteiger partial charge in [0.2, 0.25) is 0 Å². The van der Waals surface area contributed by atoms with Gasteiger partial charge in [-0.1, -0.05) is 56.2 Å². The van der Waals surface area contributed by atoms with Crippen LogP contribution >= 0.6 is 23.2 Å². The van der Waals surface area contributed by atoms with E-state index < -0.39 is 0 Å². The number of benzene rings is 1. The first-order chi connectivity index (χ1) is 13.1. The number of rotatable bonds is 15. The van der Waals surface area contributed by atoms with Crippen molar-refractivity contribution in [1.29, 1.82) is 0 Å². The van der Waals surface area contributed by atoms with Crippen molar-refractivity contribution in [1.82, 2.24) is 0 Å². The van der Waals surface area contributed by atoms with Crippen LogP contribution in [0.5, 0.6) is 5.75 Å². The second-order valence-corrected chi connectivity index (χ2v) is 7.34. The van der Waals surface area contributed by atoms with Crippen LogP contribution < -0.4 is 4.74 Å². The Morgan fingerprint density at radius 2 is 1.44 bits per heavy atom. The molecule has 0 aliphatic heterocycles. The molecule has 0 heterocycles. The minimum Gasteiger partial charge on any atom is -0.466 e. The fraction of sp³-hybridized carbons (Fsp3) is 0.619. The summed E-state index contributed by atoms with van der Waals surface area (Å²) in [7, 11) is 0. The van der Waals surface area contributed by atoms with E-state index in [-0.39, 0.29) is 24.8 Å². The van der Waals surface area contributed by atoms with Gasteiger partial charge in [0.25, 0.3) is 0 Å². The Balaban J connectivity index is 1.94. The summed E-state index contributed by atoms with van der Waals surface area (Å²) in [6.45, 7) is 0.456. The third-order valence-corrected chi connectivity index (χ3v) is 4.58. The molecule has 1 aromatic carbocycles. The lowest BCUT2D eigenvalue weighted by atomic mass is 10.1. The van der Waals surface area contributed by atoms with Crippen LogP contribution in [0.1, 0.15) is 70.6 Å². The van der Waals surface area contributed by atoms with Gasteiger partial charge in [-0.3, -0.25) is 9.59 Å². The van der Waals surface area contributed by atoms with Crippen molar-refractivity contribution < 1.29 is 19.1 Å². The maximum absolute atomic E-state index is 11.7. The van der Waals surface area contributed by atoms with Crippen molar-refractivity contribution in [2.24, 2.45) is 0 Å². The zero-order chi connectivity index (χ0) is 19.7. The van der Waals surface area contributed by atoms with Gasteiger partial charge >= 0.3 is 11.9 Å². The SMILES string of the molecule is O=C(CCCC(=O)Oc1cccc(Cl)c1)OCCCCCCCCCCCl. The molecule has 0 aromatic heterocycles. The predicted octanol–water partition coefficient (Wildman–Crippen LogP) is 6.32. The van der Waals surface area contributed by atoms with Gasteiger partial charge in [0.05, 0.1) is 6.61 Å². The summed E-state index contributed by atoms with van der Waals surface area (Å²) >= 11 is 11.5. The molecule has 0 bridgehead atoms. The second-order valence-electron chi connectivity index (χ2n) is 6.52. The van der Waals surface area contributed by atoms with Crippen LogP contribution in [0.2, 0.25) is 5.02 Å². The highest BCUT2D eigenvalue weighted by molar-refractivity contribution is 6.30. The third kappa shape index (κ3) is 13.5. The van der Waals surface area contributed by atoms with Gasteiger partial charge in [-0.2, -0.15) is 0 Å². The van der Waals surface area contributed by atoms with Gasteiger partial charge in [0.15, 0.2) is 0 Å². The lowest BCUT2D eigenvalue weighted by molar-refractivity contribution is -0.144. The van der Waals surface area contributed by atoms with Crippen LogP contribution in [0.25, 0.3) is 0 Å². The molecule has 1 rings (SSSR count). The summed E-state index contributed by atoms with van der Waals surface area (Å²) in [4.78, 5) is 23.4. The maximum atomic E-state index is 11.7. The molecule has 0 radical (unpaired) electrons. The molecule has 27 heavy (non-hydrogen) atoms. The Labute approximate surface area is 172 Å². The quantitative estimate of drug-likeness (QED) is 0.145. The topological polar surface area (TPSA) is 52.6 Å². The summed E-state index contributed by atoms with van der Waals surface area (Å²) in [6, 6.07) is 6.66. The van der Waals surface area contributed by atoms with Crippen LogP contribution in [0.4, 0.5) is 0 Å². The molecular weight excluding hydrogens is 387 g/mol. The molecule has 0 unspecified atom stereocenters. The molecule has 6 heteroatoms. The van der Waals surface area contributed by atoms with E-state index in [4.69, 9.17) is 32.7 Å². The average Bonchev–Trinajstić information content (AvgIpc) is 2.63. The van der Waals surface area contributed by atoms with Crippen molar-refractivity contribution in [3.63, 3.8) is 0 Å². The number of alkyl halides is 1. The molecule has 0 spiro atoms. The fourth-order valence-corrected chi connectivity index (χ4v) is 2.97. The van der Waals surface area contributed by atoms with Crippen molar-refractivity contribution >= 4 is 35.1 Å². The number of hydrogen-bond donors (Lipinski definition) is 0. The van der Waals surface area contributed by atoms with Gasteiger partial charge in [0.1, 0.15) is 5.75 Å². The van der Waals surface area contributed by atoms with Crippen molar-refractivity contribution in [2.75, 3.05) is 12.5 Å². The summed E-state index contributed by atoms with van der Waals surface area (Å²) in [6.07, 6.45) is 10.0. The predicted molar refractivity (Wildman–Crippen MR) is 110 cm³/mol. The van der Waals surface area contributed by atoms with E-state index in [0.717, 1.165) is 25.1 Å². The number of halogens is 2. The molecule has 0 saturated carbocycles. The number of hydrogen-bond acceptors (Lipinski definition) is 4. The van der Waals surface area contributed by atoms with Crippen molar-refractivity contribution in [3.8, 4) is 5.75 Å². The summed E-state index contributed by atoms with van der Waals surface area (Å²) < 4.78 is 10.4. The van der Waals surface area contributed by atoms with E-state index in [2.05, 4.69) is 0 Å². The van der Waals surface area contributed by atoms with Gasteiger partial charge in [-0.25, -0.2) is 0 Å². The first kappa shape index (κ1) is 23.8. The molecule has 1 aromatic rings. The second kappa shape index (κ2) is 15.8. The van der Waals surface area contributed by atoms with Crippen LogP contribution in [-0.2, 0) is 14.3 Å². The number of esters is 2. The van der Waals surface area contributed by atoms with Gasteiger partial charge in [0, 0.05) is 23.7 Å². The minimum absolute atomic E-state index is 0.172. The average molecular weight is 417 g/mol. The Kier molecular flexibility index (Phi) is 13.9. The van der Waals surface area contributed by atoms with Crippen LogP contribution in [-0.4, -0.2) is 24.4 Å². The number of unbranched alkanes of at least 4 members (excludes halogenated alkanes) is 7. The summed E-state index contributed by atoms with van der Waals surface area (Å²) in [5.41, 5.74) is 0. The molecule has 0 saturated heterocycles. The highest BCUT2D eigenvalue weighted by atomic mass is 35.5. The van der Waals surface area contributed by atoms with E-state index >= 15 is 0 Å². The van der Waals surface area contributed by atoms with Gasteiger partial charge in [-0.15, -0.1) is 11.6 Å². The molecule has 0 aliphatic carbocycles. The zero-order valence-electron chi connectivity index (χ0n) is 15.9. The third-order valence-electron chi connectivity index (χ3n) is 4.08. The van der Waals surface area contributed by atoms with E-state index in [0.29, 0.717) is 23.8 Å². The monoisotopic (exact) mass is 416 g/mol. The molecule has 4 nitrogen and oxygen atoms in total. The van der Waals surface area contributed by atoms with Gasteiger partial charge in [-0.05, 0) is 37.5 Å². The lowest BCUT2D eigenvalue weighted by Gasteiger charge is -2.06. The Morgan fingerprint density at radius 3 is 2.11 bits per heavy atom.